The lowest BCUT2D eigenvalue weighted by Gasteiger charge is -2.19. The van der Waals surface area contributed by atoms with Crippen LogP contribution in [0.4, 0.5) is 18.9 Å². The van der Waals surface area contributed by atoms with Crippen molar-refractivity contribution >= 4 is 11.6 Å². The summed E-state index contributed by atoms with van der Waals surface area (Å²) in [5, 5.41) is 10.8. The Balaban J connectivity index is 2.45. The molecule has 8 heteroatoms. The Hall–Kier alpha value is -2.12. The monoisotopic (exact) mass is 274 g/mol. The molecule has 0 saturated carbocycles. The summed E-state index contributed by atoms with van der Waals surface area (Å²) >= 11 is 0. The third-order valence-corrected chi connectivity index (χ3v) is 2.68. The van der Waals surface area contributed by atoms with E-state index in [1.165, 1.54) is 25.1 Å². The molecule has 0 saturated heterocycles. The van der Waals surface area contributed by atoms with Crippen LogP contribution in [0, 0.1) is 10.1 Å². The molecule has 19 heavy (non-hydrogen) atoms. The van der Waals surface area contributed by atoms with Crippen molar-refractivity contribution < 1.29 is 22.8 Å². The minimum absolute atomic E-state index is 0.129. The summed E-state index contributed by atoms with van der Waals surface area (Å²) in [6, 6.07) is 3.07. The van der Waals surface area contributed by atoms with Crippen LogP contribution in [0.15, 0.2) is 29.3 Å². The largest absolute Gasteiger partial charge is 0.470 e. The summed E-state index contributed by atoms with van der Waals surface area (Å²) in [7, 11) is 0. The van der Waals surface area contributed by atoms with Gasteiger partial charge in [-0.3, -0.25) is 10.1 Å². The molecule has 0 radical (unpaired) electrons. The molecule has 1 aromatic carbocycles. The van der Waals surface area contributed by atoms with E-state index in [0.717, 1.165) is 6.07 Å². The van der Waals surface area contributed by atoms with E-state index in [2.05, 4.69) is 4.99 Å². The molecule has 0 spiro atoms. The highest BCUT2D eigenvalue weighted by atomic mass is 19.4. The standard InChI is InChI=1S/C11H9F3N2O3/c1-6-15-10(11(12,13)14)9(19-6)7-4-2-3-5-8(7)16(17)18/h2-5,9-10H,1H3. The van der Waals surface area contributed by atoms with Gasteiger partial charge in [-0.15, -0.1) is 0 Å². The first-order valence-electron chi connectivity index (χ1n) is 5.32. The first-order chi connectivity index (χ1) is 8.80. The molecule has 102 valence electrons. The second-order valence-corrected chi connectivity index (χ2v) is 3.99. The fraction of sp³-hybridized carbons (Fsp3) is 0.364. The number of nitro groups is 1. The van der Waals surface area contributed by atoms with Crippen LogP contribution in [-0.2, 0) is 4.74 Å². The highest BCUT2D eigenvalue weighted by Crippen LogP contribution is 2.41. The Bertz CT molecular complexity index is 542. The number of nitro benzene ring substituents is 1. The van der Waals surface area contributed by atoms with E-state index in [9.17, 15) is 23.3 Å². The van der Waals surface area contributed by atoms with Gasteiger partial charge >= 0.3 is 6.18 Å². The molecule has 1 aliphatic rings. The molecule has 0 N–H and O–H groups in total. The molecule has 0 bridgehead atoms. The lowest BCUT2D eigenvalue weighted by atomic mass is 10.0. The number of hydrogen-bond acceptors (Lipinski definition) is 4. The van der Waals surface area contributed by atoms with Crippen molar-refractivity contribution in [3.05, 3.63) is 39.9 Å². The second-order valence-electron chi connectivity index (χ2n) is 3.99. The Morgan fingerprint density at radius 3 is 2.58 bits per heavy atom. The van der Waals surface area contributed by atoms with Gasteiger partial charge < -0.3 is 4.74 Å². The molecule has 0 aliphatic carbocycles. The molecule has 2 atom stereocenters. The van der Waals surface area contributed by atoms with E-state index in [-0.39, 0.29) is 11.5 Å². The van der Waals surface area contributed by atoms with E-state index in [0.29, 0.717) is 0 Å². The highest BCUT2D eigenvalue weighted by Gasteiger charge is 2.51. The van der Waals surface area contributed by atoms with Crippen LogP contribution in [0.25, 0.3) is 0 Å². The molecule has 1 heterocycles. The van der Waals surface area contributed by atoms with Gasteiger partial charge in [0.25, 0.3) is 5.69 Å². The molecule has 1 aliphatic heterocycles. The lowest BCUT2D eigenvalue weighted by molar-refractivity contribution is -0.386. The molecule has 1 aromatic rings. The van der Waals surface area contributed by atoms with Crippen molar-refractivity contribution in [3.8, 4) is 0 Å². The smallest absolute Gasteiger partial charge is 0.414 e. The van der Waals surface area contributed by atoms with Crippen molar-refractivity contribution in [2.24, 2.45) is 4.99 Å². The van der Waals surface area contributed by atoms with Crippen molar-refractivity contribution in [2.45, 2.75) is 25.2 Å². The van der Waals surface area contributed by atoms with Crippen molar-refractivity contribution in [1.29, 1.82) is 0 Å². The molecule has 0 fully saturated rings. The maximum atomic E-state index is 12.8. The number of benzene rings is 1. The highest BCUT2D eigenvalue weighted by molar-refractivity contribution is 5.76. The summed E-state index contributed by atoms with van der Waals surface area (Å²) in [6.07, 6.45) is -6.13. The average Bonchev–Trinajstić information content (AvgIpc) is 2.71. The van der Waals surface area contributed by atoms with Gasteiger partial charge in [-0.1, -0.05) is 12.1 Å². The van der Waals surface area contributed by atoms with Gasteiger partial charge in [-0.05, 0) is 6.07 Å². The average molecular weight is 274 g/mol. The summed E-state index contributed by atoms with van der Waals surface area (Å²) in [5.74, 6) is -0.134. The number of alkyl halides is 3. The van der Waals surface area contributed by atoms with E-state index in [1.807, 2.05) is 0 Å². The topological polar surface area (TPSA) is 64.7 Å². The van der Waals surface area contributed by atoms with Crippen LogP contribution in [0.5, 0.6) is 0 Å². The van der Waals surface area contributed by atoms with E-state index < -0.39 is 28.9 Å². The lowest BCUT2D eigenvalue weighted by Crippen LogP contribution is -2.31. The first-order valence-corrected chi connectivity index (χ1v) is 5.32. The quantitative estimate of drug-likeness (QED) is 0.615. The second kappa shape index (κ2) is 4.52. The number of para-hydroxylation sites is 1. The molecule has 0 amide bonds. The fourth-order valence-electron chi connectivity index (χ4n) is 1.91. The number of nitrogens with zero attached hydrogens (tertiary/aromatic N) is 2. The Labute approximate surface area is 105 Å². The predicted molar refractivity (Wildman–Crippen MR) is 59.9 cm³/mol. The third-order valence-electron chi connectivity index (χ3n) is 2.68. The maximum absolute atomic E-state index is 12.8. The molecular weight excluding hydrogens is 265 g/mol. The number of halogens is 3. The zero-order valence-electron chi connectivity index (χ0n) is 9.72. The third kappa shape index (κ3) is 2.51. The number of hydrogen-bond donors (Lipinski definition) is 0. The van der Waals surface area contributed by atoms with E-state index >= 15 is 0 Å². The summed E-state index contributed by atoms with van der Waals surface area (Å²) in [4.78, 5) is 13.5. The van der Waals surface area contributed by atoms with Crippen molar-refractivity contribution in [3.63, 3.8) is 0 Å². The number of ether oxygens (including phenoxy) is 1. The van der Waals surface area contributed by atoms with Crippen LogP contribution in [0.3, 0.4) is 0 Å². The Morgan fingerprint density at radius 1 is 1.37 bits per heavy atom. The van der Waals surface area contributed by atoms with Crippen LogP contribution >= 0.6 is 0 Å². The van der Waals surface area contributed by atoms with Gasteiger partial charge in [0.1, 0.15) is 0 Å². The molecular formula is C11H9F3N2O3. The van der Waals surface area contributed by atoms with Gasteiger partial charge in [0, 0.05) is 13.0 Å². The zero-order valence-corrected chi connectivity index (χ0v) is 9.72. The van der Waals surface area contributed by atoms with Crippen LogP contribution in [0.2, 0.25) is 0 Å². The molecule has 5 nitrogen and oxygen atoms in total. The van der Waals surface area contributed by atoms with Crippen LogP contribution < -0.4 is 0 Å². The maximum Gasteiger partial charge on any atom is 0.414 e. The Kier molecular flexibility index (Phi) is 3.17. The fourth-order valence-corrected chi connectivity index (χ4v) is 1.91. The minimum atomic E-state index is -4.62. The van der Waals surface area contributed by atoms with Crippen molar-refractivity contribution in [2.75, 3.05) is 0 Å². The van der Waals surface area contributed by atoms with Gasteiger partial charge in [-0.25, -0.2) is 4.99 Å². The normalized spacial score (nSPS) is 22.8. The van der Waals surface area contributed by atoms with Gasteiger partial charge in [0.2, 0.25) is 0 Å². The SMILES string of the molecule is CC1=NC(C(F)(F)F)C(c2ccccc2[N+](=O)[O-])O1. The summed E-state index contributed by atoms with van der Waals surface area (Å²) in [6.45, 7) is 1.29. The van der Waals surface area contributed by atoms with Crippen LogP contribution in [-0.4, -0.2) is 23.0 Å². The molecule has 0 aromatic heterocycles. The number of rotatable bonds is 2. The molecule has 2 rings (SSSR count). The van der Waals surface area contributed by atoms with Crippen molar-refractivity contribution in [1.82, 2.24) is 0 Å². The van der Waals surface area contributed by atoms with Gasteiger partial charge in [0.15, 0.2) is 18.0 Å². The minimum Gasteiger partial charge on any atom is -0.470 e. The predicted octanol–water partition coefficient (Wildman–Crippen LogP) is 3.02. The van der Waals surface area contributed by atoms with E-state index in [4.69, 9.17) is 4.74 Å². The molecule has 2 unspecified atom stereocenters. The van der Waals surface area contributed by atoms with E-state index in [1.54, 1.807) is 0 Å². The number of aliphatic imine (C=N–C) groups is 1. The Morgan fingerprint density at radius 2 is 2.00 bits per heavy atom. The zero-order chi connectivity index (χ0) is 14.2. The first kappa shape index (κ1) is 13.3. The summed E-state index contributed by atoms with van der Waals surface area (Å²) in [5.41, 5.74) is -0.540. The summed E-state index contributed by atoms with van der Waals surface area (Å²) < 4.78 is 43.5. The van der Waals surface area contributed by atoms with Gasteiger partial charge in [-0.2, -0.15) is 13.2 Å². The van der Waals surface area contributed by atoms with Crippen LogP contribution in [0.1, 0.15) is 18.6 Å². The van der Waals surface area contributed by atoms with Gasteiger partial charge in [0.05, 0.1) is 10.5 Å².